The predicted molar refractivity (Wildman–Crippen MR) is 109 cm³/mol. The zero-order valence-electron chi connectivity index (χ0n) is 17.6. The van der Waals surface area contributed by atoms with E-state index in [9.17, 15) is 19.6 Å². The Bertz CT molecular complexity index is 866. The number of nitrogens with zero attached hydrogens (tertiary/aromatic N) is 2. The molecule has 1 aromatic rings. The molecule has 2 rings (SSSR count). The molecule has 1 aromatic heterocycles. The Kier molecular flexibility index (Phi) is 7.34. The average molecular weight is 467 g/mol. The molecule has 2 heterocycles. The van der Waals surface area contributed by atoms with E-state index in [1.165, 1.54) is 6.20 Å². The van der Waals surface area contributed by atoms with E-state index in [0.717, 1.165) is 4.57 Å². The highest BCUT2D eigenvalue weighted by atomic mass is 31.2. The Balaban J connectivity index is 2.24. The summed E-state index contributed by atoms with van der Waals surface area (Å²) in [5.74, 6) is -0.0237. The summed E-state index contributed by atoms with van der Waals surface area (Å²) in [6.07, 6.45) is -4.39. The van der Waals surface area contributed by atoms with Crippen LogP contribution in [0.4, 0.5) is 5.82 Å². The Morgan fingerprint density at radius 2 is 1.90 bits per heavy atom. The minimum Gasteiger partial charge on any atom is -0.412 e. The fourth-order valence-electron chi connectivity index (χ4n) is 2.56. The summed E-state index contributed by atoms with van der Waals surface area (Å²) >= 11 is 0. The van der Waals surface area contributed by atoms with Gasteiger partial charge in [-0.1, -0.05) is 20.8 Å². The van der Waals surface area contributed by atoms with E-state index >= 15 is 0 Å². The predicted octanol–water partition coefficient (Wildman–Crippen LogP) is 0.0758. The number of rotatable bonds is 7. The second-order valence-electron chi connectivity index (χ2n) is 8.72. The Labute approximate surface area is 175 Å². The quantitative estimate of drug-likeness (QED) is 0.270. The highest BCUT2D eigenvalue weighted by Crippen LogP contribution is 2.39. The molecule has 1 saturated heterocycles. The Morgan fingerprint density at radius 1 is 1.30 bits per heavy atom. The second-order valence-corrected chi connectivity index (χ2v) is 14.8. The van der Waals surface area contributed by atoms with Crippen LogP contribution in [0.15, 0.2) is 11.0 Å². The van der Waals surface area contributed by atoms with Gasteiger partial charge in [-0.25, -0.2) is 9.36 Å². The van der Waals surface area contributed by atoms with Crippen molar-refractivity contribution in [3.05, 3.63) is 22.2 Å². The molecule has 30 heavy (non-hydrogen) atoms. The lowest BCUT2D eigenvalue weighted by Crippen LogP contribution is -2.41. The van der Waals surface area contributed by atoms with Gasteiger partial charge in [0.15, 0.2) is 14.5 Å². The first-order chi connectivity index (χ1) is 13.5. The molecule has 0 saturated carbocycles. The number of nitrogen functional groups attached to an aromatic ring is 1. The van der Waals surface area contributed by atoms with Crippen LogP contribution in [0.3, 0.4) is 0 Å². The first-order valence-corrected chi connectivity index (χ1v) is 13.7. The lowest BCUT2D eigenvalue weighted by Gasteiger charge is -2.36. The molecule has 6 N–H and O–H groups in total. The Morgan fingerprint density at radius 3 is 2.43 bits per heavy atom. The van der Waals surface area contributed by atoms with Gasteiger partial charge in [-0.15, -0.1) is 0 Å². The molecule has 1 fully saturated rings. The summed E-state index contributed by atoms with van der Waals surface area (Å²) in [5.41, 5.74) is 5.44. The van der Waals surface area contributed by atoms with Crippen molar-refractivity contribution in [2.75, 3.05) is 12.3 Å². The van der Waals surface area contributed by atoms with Crippen LogP contribution >= 0.6 is 7.82 Å². The van der Waals surface area contributed by atoms with Gasteiger partial charge in [-0.05, 0) is 18.1 Å². The molecule has 14 heteroatoms. The summed E-state index contributed by atoms with van der Waals surface area (Å²) in [7, 11) is -6.92. The van der Waals surface area contributed by atoms with Crippen LogP contribution in [0.5, 0.6) is 0 Å². The fraction of sp³-hybridized carbons (Fsp3) is 0.750. The monoisotopic (exact) mass is 467 g/mol. The van der Waals surface area contributed by atoms with Crippen LogP contribution in [0.1, 0.15) is 32.6 Å². The fourth-order valence-corrected chi connectivity index (χ4v) is 3.85. The molecule has 172 valence electrons. The summed E-state index contributed by atoms with van der Waals surface area (Å²) in [6, 6.07) is 0. The van der Waals surface area contributed by atoms with E-state index in [1.807, 2.05) is 0 Å². The van der Waals surface area contributed by atoms with Crippen LogP contribution in [-0.2, 0) is 24.9 Å². The third kappa shape index (κ3) is 5.75. The highest BCUT2D eigenvalue weighted by molar-refractivity contribution is 7.46. The third-order valence-electron chi connectivity index (χ3n) is 5.47. The molecule has 0 amide bonds. The maximum absolute atomic E-state index is 12.3. The van der Waals surface area contributed by atoms with Crippen molar-refractivity contribution in [2.24, 2.45) is 0 Å². The molecule has 1 aliphatic heterocycles. The first-order valence-electron chi connectivity index (χ1n) is 9.26. The molecule has 4 atom stereocenters. The number of ether oxygens (including phenoxy) is 1. The van der Waals surface area contributed by atoms with Gasteiger partial charge in [-0.2, -0.15) is 4.98 Å². The molecule has 0 bridgehead atoms. The Hall–Kier alpha value is -1.15. The van der Waals surface area contributed by atoms with Gasteiger partial charge < -0.3 is 34.9 Å². The van der Waals surface area contributed by atoms with Crippen LogP contribution < -0.4 is 11.4 Å². The molecule has 0 radical (unpaired) electrons. The zero-order valence-corrected chi connectivity index (χ0v) is 19.4. The van der Waals surface area contributed by atoms with E-state index in [0.29, 0.717) is 5.56 Å². The maximum Gasteiger partial charge on any atom is 0.469 e. The van der Waals surface area contributed by atoms with Crippen molar-refractivity contribution in [3.63, 3.8) is 0 Å². The van der Waals surface area contributed by atoms with Gasteiger partial charge in [-0.3, -0.25) is 9.09 Å². The average Bonchev–Trinajstić information content (AvgIpc) is 2.86. The largest absolute Gasteiger partial charge is 0.469 e. The second kappa shape index (κ2) is 8.77. The van der Waals surface area contributed by atoms with E-state index in [-0.39, 0.29) is 17.5 Å². The zero-order chi connectivity index (χ0) is 23.1. The van der Waals surface area contributed by atoms with Crippen molar-refractivity contribution in [2.45, 2.75) is 70.1 Å². The number of aromatic nitrogens is 2. The van der Waals surface area contributed by atoms with Gasteiger partial charge in [0.2, 0.25) is 0 Å². The molecular weight excluding hydrogens is 437 g/mol. The van der Waals surface area contributed by atoms with E-state index < -0.39 is 53.0 Å². The number of hydrogen-bond donors (Lipinski definition) is 5. The van der Waals surface area contributed by atoms with Gasteiger partial charge in [0.1, 0.15) is 24.1 Å². The number of nitrogens with two attached hydrogens (primary N) is 1. The summed E-state index contributed by atoms with van der Waals surface area (Å²) in [5, 5.41) is 20.4. The van der Waals surface area contributed by atoms with Crippen molar-refractivity contribution in [1.29, 1.82) is 0 Å². The van der Waals surface area contributed by atoms with Crippen LogP contribution in [0, 0.1) is 0 Å². The van der Waals surface area contributed by atoms with Crippen molar-refractivity contribution < 1.29 is 38.3 Å². The number of phosphoric acid groups is 1. The van der Waals surface area contributed by atoms with Crippen LogP contribution in [0.2, 0.25) is 18.1 Å². The van der Waals surface area contributed by atoms with E-state index in [4.69, 9.17) is 24.7 Å². The molecule has 1 aliphatic rings. The normalized spacial score (nSPS) is 25.6. The molecule has 0 spiro atoms. The van der Waals surface area contributed by atoms with Crippen molar-refractivity contribution in [1.82, 2.24) is 9.55 Å². The SMILES string of the molecule is CC(C)(C)[Si](C)(C)OCc1cn([C@@H]2OC(COP(=O)(O)O)[C@@H](O)[C@H]2O)c(=O)nc1N. The third-order valence-corrected chi connectivity index (χ3v) is 10.4. The summed E-state index contributed by atoms with van der Waals surface area (Å²) in [4.78, 5) is 33.7. The number of aliphatic hydroxyl groups is 2. The smallest absolute Gasteiger partial charge is 0.412 e. The van der Waals surface area contributed by atoms with Crippen molar-refractivity contribution >= 4 is 22.0 Å². The number of hydrogen-bond acceptors (Lipinski definition) is 9. The van der Waals surface area contributed by atoms with Gasteiger partial charge >= 0.3 is 13.5 Å². The van der Waals surface area contributed by atoms with Crippen molar-refractivity contribution in [3.8, 4) is 0 Å². The standard InChI is InChI=1S/C16H30N3O9PSi/c1-16(2,3)30(4,5)27-7-9-6-19(15(22)18-13(9)17)14-12(21)11(20)10(28-14)8-26-29(23,24)25/h6,10-12,14,20-21H,7-8H2,1-5H3,(H2,17,18,22)(H2,23,24,25)/t10?,11-,12-,14-/m1/s1. The minimum atomic E-state index is -4.80. The minimum absolute atomic E-state index is 0.0237. The van der Waals surface area contributed by atoms with Crippen LogP contribution in [0.25, 0.3) is 0 Å². The van der Waals surface area contributed by atoms with E-state index in [2.05, 4.69) is 43.4 Å². The number of aliphatic hydroxyl groups excluding tert-OH is 2. The summed E-state index contributed by atoms with van der Waals surface area (Å²) < 4.78 is 27.7. The van der Waals surface area contributed by atoms with Gasteiger partial charge in [0, 0.05) is 11.8 Å². The lowest BCUT2D eigenvalue weighted by atomic mass is 10.1. The van der Waals surface area contributed by atoms with Gasteiger partial charge in [0.25, 0.3) is 0 Å². The van der Waals surface area contributed by atoms with E-state index in [1.54, 1.807) is 0 Å². The highest BCUT2D eigenvalue weighted by Gasteiger charge is 2.45. The number of anilines is 1. The molecule has 0 aliphatic carbocycles. The van der Waals surface area contributed by atoms with Crippen LogP contribution in [-0.4, -0.2) is 62.8 Å². The molecule has 1 unspecified atom stereocenters. The number of phosphoric ester groups is 1. The topological polar surface area (TPSA) is 187 Å². The summed E-state index contributed by atoms with van der Waals surface area (Å²) in [6.45, 7) is 9.74. The molecule has 12 nitrogen and oxygen atoms in total. The first kappa shape index (κ1) is 25.1. The lowest BCUT2D eigenvalue weighted by molar-refractivity contribution is -0.0543. The maximum atomic E-state index is 12.3. The van der Waals surface area contributed by atoms with Gasteiger partial charge in [0.05, 0.1) is 13.2 Å². The molecule has 0 aromatic carbocycles. The molecular formula is C16H30N3O9PSi.